The van der Waals surface area contributed by atoms with E-state index in [-0.39, 0.29) is 37.2 Å². The Balaban J connectivity index is 1.20. The van der Waals surface area contributed by atoms with Crippen LogP contribution in [0.4, 0.5) is 0 Å². The Kier molecular flexibility index (Phi) is 4.89. The van der Waals surface area contributed by atoms with Gasteiger partial charge in [-0.15, -0.1) is 5.10 Å². The lowest BCUT2D eigenvalue weighted by Crippen LogP contribution is -2.44. The highest BCUT2D eigenvalue weighted by molar-refractivity contribution is 6.04. The molecule has 12 heteroatoms. The van der Waals surface area contributed by atoms with Gasteiger partial charge in [0.25, 0.3) is 5.91 Å². The molecular weight excluding hydrogens is 446 g/mol. The van der Waals surface area contributed by atoms with Crippen LogP contribution in [0.2, 0.25) is 0 Å². The van der Waals surface area contributed by atoms with Crippen molar-refractivity contribution in [2.45, 2.75) is 24.3 Å². The molecule has 3 aromatic rings. The summed E-state index contributed by atoms with van der Waals surface area (Å²) in [6, 6.07) is 10.8. The number of ether oxygens (including phenoxy) is 4. The van der Waals surface area contributed by atoms with E-state index in [0.29, 0.717) is 17.3 Å². The molecule has 0 radical (unpaired) electrons. The number of tetrazole rings is 1. The van der Waals surface area contributed by atoms with Gasteiger partial charge in [0.1, 0.15) is 18.2 Å². The number of nitrogens with zero attached hydrogens (tertiary/aromatic N) is 4. The number of hydrogen-bond acceptors (Lipinski definition) is 9. The highest BCUT2D eigenvalue weighted by Gasteiger charge is 2.50. The molecule has 1 amide bonds. The van der Waals surface area contributed by atoms with Crippen molar-refractivity contribution < 1.29 is 33.6 Å². The minimum Gasteiger partial charge on any atom is -0.478 e. The number of benzene rings is 2. The Labute approximate surface area is 192 Å². The number of carbonyl (C=O) groups is 2. The van der Waals surface area contributed by atoms with E-state index in [2.05, 4.69) is 20.8 Å². The van der Waals surface area contributed by atoms with Gasteiger partial charge in [-0.3, -0.25) is 4.79 Å². The van der Waals surface area contributed by atoms with Crippen LogP contribution in [0.1, 0.15) is 26.8 Å². The van der Waals surface area contributed by atoms with Gasteiger partial charge in [0.2, 0.25) is 6.79 Å². The number of fused-ring (bicyclic) bond motifs is 2. The maximum Gasteiger partial charge on any atom is 0.336 e. The summed E-state index contributed by atoms with van der Waals surface area (Å²) in [5.41, 5.74) is 0.770. The monoisotopic (exact) mass is 465 g/mol. The second kappa shape index (κ2) is 8.08. The van der Waals surface area contributed by atoms with Gasteiger partial charge in [-0.05, 0) is 40.8 Å². The van der Waals surface area contributed by atoms with E-state index in [9.17, 15) is 14.7 Å². The van der Waals surface area contributed by atoms with Crippen molar-refractivity contribution >= 4 is 11.9 Å². The number of carboxylic acid groups (broad SMARTS) is 1. The molecule has 2 aromatic carbocycles. The first-order valence-corrected chi connectivity index (χ1v) is 10.6. The van der Waals surface area contributed by atoms with Crippen LogP contribution in [-0.2, 0) is 9.47 Å². The highest BCUT2D eigenvalue weighted by Crippen LogP contribution is 2.38. The molecule has 0 saturated carbocycles. The molecule has 1 aromatic heterocycles. The third kappa shape index (κ3) is 3.35. The fourth-order valence-electron chi connectivity index (χ4n) is 4.57. The molecule has 0 spiro atoms. The number of carboxylic acids is 1. The van der Waals surface area contributed by atoms with Crippen LogP contribution < -0.4 is 14.8 Å². The summed E-state index contributed by atoms with van der Waals surface area (Å²) in [5, 5.41) is 24.4. The van der Waals surface area contributed by atoms with Crippen molar-refractivity contribution in [1.82, 2.24) is 25.5 Å². The van der Waals surface area contributed by atoms with Crippen LogP contribution in [-0.4, -0.2) is 75.4 Å². The van der Waals surface area contributed by atoms with E-state index in [4.69, 9.17) is 18.9 Å². The van der Waals surface area contributed by atoms with E-state index in [1.54, 1.807) is 22.9 Å². The largest absolute Gasteiger partial charge is 0.478 e. The summed E-state index contributed by atoms with van der Waals surface area (Å²) in [5.74, 6) is 0.142. The number of aromatic nitrogens is 4. The number of nitrogens with one attached hydrogen (secondary N) is 1. The van der Waals surface area contributed by atoms with Crippen LogP contribution in [0.15, 0.2) is 42.5 Å². The Morgan fingerprint density at radius 1 is 1.00 bits per heavy atom. The van der Waals surface area contributed by atoms with Crippen molar-refractivity contribution in [3.63, 3.8) is 0 Å². The van der Waals surface area contributed by atoms with Crippen LogP contribution in [0, 0.1) is 0 Å². The second-order valence-electron chi connectivity index (χ2n) is 8.11. The summed E-state index contributed by atoms with van der Waals surface area (Å²) in [7, 11) is 0. The highest BCUT2D eigenvalue weighted by atomic mass is 16.7. The van der Waals surface area contributed by atoms with Gasteiger partial charge in [0, 0.05) is 5.56 Å². The average molecular weight is 465 g/mol. The molecule has 34 heavy (non-hydrogen) atoms. The van der Waals surface area contributed by atoms with Crippen molar-refractivity contribution in [3.8, 4) is 22.9 Å². The van der Waals surface area contributed by atoms with Gasteiger partial charge in [-0.1, -0.05) is 12.1 Å². The van der Waals surface area contributed by atoms with Crippen LogP contribution in [0.5, 0.6) is 11.5 Å². The Morgan fingerprint density at radius 2 is 1.79 bits per heavy atom. The van der Waals surface area contributed by atoms with Gasteiger partial charge in [-0.25, -0.2) is 9.48 Å². The van der Waals surface area contributed by atoms with Gasteiger partial charge in [-0.2, -0.15) is 0 Å². The van der Waals surface area contributed by atoms with Crippen LogP contribution in [0.25, 0.3) is 11.4 Å². The molecule has 2 fully saturated rings. The van der Waals surface area contributed by atoms with Crippen molar-refractivity contribution in [1.29, 1.82) is 0 Å². The maximum absolute atomic E-state index is 12.8. The van der Waals surface area contributed by atoms with Gasteiger partial charge < -0.3 is 29.4 Å². The predicted molar refractivity (Wildman–Crippen MR) is 113 cm³/mol. The lowest BCUT2D eigenvalue weighted by Gasteiger charge is -2.18. The van der Waals surface area contributed by atoms with E-state index < -0.39 is 30.1 Å². The molecule has 2 saturated heterocycles. The zero-order chi connectivity index (χ0) is 23.2. The molecule has 0 bridgehead atoms. The molecule has 6 rings (SSSR count). The van der Waals surface area contributed by atoms with Crippen LogP contribution in [0.3, 0.4) is 0 Å². The normalized spacial score (nSPS) is 24.7. The number of aromatic carboxylic acids is 1. The van der Waals surface area contributed by atoms with E-state index >= 15 is 0 Å². The molecule has 0 unspecified atom stereocenters. The molecule has 4 heterocycles. The lowest BCUT2D eigenvalue weighted by molar-refractivity contribution is 0.0613. The van der Waals surface area contributed by atoms with E-state index in [0.717, 1.165) is 5.56 Å². The van der Waals surface area contributed by atoms with Crippen molar-refractivity contribution in [2.75, 3.05) is 20.0 Å². The standard InChI is InChI=1S/C22H19N5O7/c28-21(12-3-1-2-4-13(12)22(29)30)23-14-8-31-19-15(9-32-18(14)19)27-20(24-25-26-27)11-5-6-16-17(7-11)34-10-33-16/h1-7,14-15,18-19H,8-10H2,(H,23,28)(H,29,30)/t14-,15+,18-,19+/m1/s1. The summed E-state index contributed by atoms with van der Waals surface area (Å²) >= 11 is 0. The number of amides is 1. The first-order chi connectivity index (χ1) is 16.6. The molecule has 3 aliphatic heterocycles. The molecule has 3 aliphatic rings. The Morgan fingerprint density at radius 3 is 2.65 bits per heavy atom. The average Bonchev–Trinajstić information content (AvgIpc) is 3.63. The second-order valence-corrected chi connectivity index (χ2v) is 8.11. The molecular formula is C22H19N5O7. The topological polar surface area (TPSA) is 147 Å². The minimum absolute atomic E-state index is 0.0669. The van der Waals surface area contributed by atoms with Crippen LogP contribution >= 0.6 is 0 Å². The fourth-order valence-corrected chi connectivity index (χ4v) is 4.57. The first-order valence-electron chi connectivity index (χ1n) is 10.6. The van der Waals surface area contributed by atoms with Gasteiger partial charge >= 0.3 is 5.97 Å². The molecule has 4 atom stereocenters. The number of hydrogen-bond donors (Lipinski definition) is 2. The molecule has 12 nitrogen and oxygen atoms in total. The fraction of sp³-hybridized carbons (Fsp3) is 0.318. The number of carbonyl (C=O) groups excluding carboxylic acids is 1. The van der Waals surface area contributed by atoms with Crippen molar-refractivity contribution in [2.24, 2.45) is 0 Å². The minimum atomic E-state index is -1.17. The summed E-state index contributed by atoms with van der Waals surface area (Å²) in [4.78, 5) is 24.3. The quantitative estimate of drug-likeness (QED) is 0.557. The predicted octanol–water partition coefficient (Wildman–Crippen LogP) is 0.904. The SMILES string of the molecule is O=C(O)c1ccccc1C(=O)N[C@@H]1CO[C@@H]2[C@@H]1OC[C@@H]2n1nnnc1-c1ccc2c(c1)OCO2. The molecule has 174 valence electrons. The van der Waals surface area contributed by atoms with E-state index in [1.165, 1.54) is 12.1 Å². The lowest BCUT2D eigenvalue weighted by atomic mass is 10.0. The first kappa shape index (κ1) is 20.6. The number of rotatable bonds is 5. The zero-order valence-electron chi connectivity index (χ0n) is 17.7. The van der Waals surface area contributed by atoms with Crippen molar-refractivity contribution in [3.05, 3.63) is 53.6 Å². The summed E-state index contributed by atoms with van der Waals surface area (Å²) in [6.07, 6.45) is -0.823. The van der Waals surface area contributed by atoms with Gasteiger partial charge in [0.15, 0.2) is 17.3 Å². The Hall–Kier alpha value is -4.03. The van der Waals surface area contributed by atoms with E-state index in [1.807, 2.05) is 12.1 Å². The molecule has 2 N–H and O–H groups in total. The summed E-state index contributed by atoms with van der Waals surface area (Å²) in [6.45, 7) is 0.673. The third-order valence-electron chi connectivity index (χ3n) is 6.18. The van der Waals surface area contributed by atoms with Gasteiger partial charge in [0.05, 0.1) is 30.4 Å². The third-order valence-corrected chi connectivity index (χ3v) is 6.18. The maximum atomic E-state index is 12.8. The summed E-state index contributed by atoms with van der Waals surface area (Å²) < 4.78 is 24.5. The Bertz CT molecular complexity index is 1280. The zero-order valence-corrected chi connectivity index (χ0v) is 17.7. The smallest absolute Gasteiger partial charge is 0.336 e. The molecule has 0 aliphatic carbocycles.